The van der Waals surface area contributed by atoms with Crippen molar-refractivity contribution in [1.82, 2.24) is 19.9 Å². The van der Waals surface area contributed by atoms with E-state index in [0.29, 0.717) is 54.0 Å². The number of anilines is 1. The second-order valence-corrected chi connectivity index (χ2v) is 9.73. The summed E-state index contributed by atoms with van der Waals surface area (Å²) in [6.45, 7) is 2.68. The van der Waals surface area contributed by atoms with Gasteiger partial charge in [0.05, 0.1) is 22.4 Å². The van der Waals surface area contributed by atoms with E-state index < -0.39 is 5.97 Å². The predicted octanol–water partition coefficient (Wildman–Crippen LogP) is 5.11. The number of fused-ring (bicyclic) bond motifs is 1. The lowest BCUT2D eigenvalue weighted by atomic mass is 10.0. The van der Waals surface area contributed by atoms with Crippen LogP contribution in [0.25, 0.3) is 22.3 Å². The smallest absolute Gasteiger partial charge is 0.303 e. The fourth-order valence-electron chi connectivity index (χ4n) is 4.67. The van der Waals surface area contributed by atoms with E-state index >= 15 is 0 Å². The van der Waals surface area contributed by atoms with Crippen molar-refractivity contribution in [2.45, 2.75) is 25.7 Å². The van der Waals surface area contributed by atoms with Crippen LogP contribution in [-0.4, -0.2) is 63.0 Å². The van der Waals surface area contributed by atoms with Crippen LogP contribution >= 0.6 is 11.6 Å². The Balaban J connectivity index is 1.37. The number of pyridine rings is 1. The van der Waals surface area contributed by atoms with Gasteiger partial charge in [-0.15, -0.1) is 0 Å². The van der Waals surface area contributed by atoms with Gasteiger partial charge in [-0.25, -0.2) is 15.0 Å². The number of aliphatic carboxylic acids is 1. The second-order valence-electron chi connectivity index (χ2n) is 9.30. The molecule has 0 unspecified atom stereocenters. The van der Waals surface area contributed by atoms with Crippen LogP contribution in [0, 0.1) is 0 Å². The lowest BCUT2D eigenvalue weighted by Crippen LogP contribution is -2.49. The average molecular weight is 530 g/mol. The van der Waals surface area contributed by atoms with Crippen molar-refractivity contribution in [3.8, 4) is 11.3 Å². The van der Waals surface area contributed by atoms with Gasteiger partial charge >= 0.3 is 5.97 Å². The summed E-state index contributed by atoms with van der Waals surface area (Å²) in [5, 5.41) is 9.62. The summed E-state index contributed by atoms with van der Waals surface area (Å²) in [4.78, 5) is 42.5. The normalized spacial score (nSPS) is 13.6. The first-order chi connectivity index (χ1) is 18.5. The van der Waals surface area contributed by atoms with Crippen molar-refractivity contribution < 1.29 is 14.7 Å². The Hall–Kier alpha value is -4.04. The highest BCUT2D eigenvalue weighted by atomic mass is 35.5. The minimum atomic E-state index is -0.809. The number of piperazine rings is 1. The van der Waals surface area contributed by atoms with Crippen LogP contribution in [0.15, 0.2) is 66.9 Å². The summed E-state index contributed by atoms with van der Waals surface area (Å²) in [6, 6.07) is 18.7. The molecule has 0 saturated carbocycles. The van der Waals surface area contributed by atoms with Crippen LogP contribution in [0.4, 0.5) is 5.82 Å². The van der Waals surface area contributed by atoms with E-state index in [1.165, 1.54) is 0 Å². The number of carboxylic acids is 1. The third kappa shape index (κ3) is 5.92. The van der Waals surface area contributed by atoms with E-state index in [1.807, 2.05) is 65.6 Å². The van der Waals surface area contributed by atoms with E-state index in [9.17, 15) is 9.59 Å². The number of amides is 1. The van der Waals surface area contributed by atoms with E-state index in [1.54, 1.807) is 6.20 Å². The highest BCUT2D eigenvalue weighted by Gasteiger charge is 2.23. The van der Waals surface area contributed by atoms with Crippen LogP contribution in [0.3, 0.4) is 0 Å². The molecule has 1 N–H and O–H groups in total. The molecular formula is C29H28ClN5O3. The molecule has 2 aromatic heterocycles. The number of carboxylic acid groups (broad SMARTS) is 1. The van der Waals surface area contributed by atoms with Gasteiger partial charge in [-0.05, 0) is 61.7 Å². The molecule has 1 fully saturated rings. The maximum atomic E-state index is 13.3. The molecule has 0 radical (unpaired) electrons. The molecule has 38 heavy (non-hydrogen) atoms. The lowest BCUT2D eigenvalue weighted by molar-refractivity contribution is -0.137. The third-order valence-electron chi connectivity index (χ3n) is 6.70. The fourth-order valence-corrected chi connectivity index (χ4v) is 4.79. The SMILES string of the molecule is O=C(O)CCCCc1nc2cc(C(=O)N3CCN(c4ccccn4)CC3)ccc2nc1-c1ccc(Cl)cc1. The Morgan fingerprint density at radius 1 is 0.895 bits per heavy atom. The van der Waals surface area contributed by atoms with E-state index in [0.717, 1.165) is 35.9 Å². The monoisotopic (exact) mass is 529 g/mol. The molecule has 4 aromatic rings. The Kier molecular flexibility index (Phi) is 7.79. The van der Waals surface area contributed by atoms with Gasteiger partial charge < -0.3 is 14.9 Å². The van der Waals surface area contributed by atoms with E-state index in [4.69, 9.17) is 26.7 Å². The molecule has 1 saturated heterocycles. The maximum absolute atomic E-state index is 13.3. The first kappa shape index (κ1) is 25.6. The molecule has 0 atom stereocenters. The largest absolute Gasteiger partial charge is 0.481 e. The van der Waals surface area contributed by atoms with Gasteiger partial charge in [-0.1, -0.05) is 29.8 Å². The van der Waals surface area contributed by atoms with Crippen LogP contribution in [0.2, 0.25) is 5.02 Å². The summed E-state index contributed by atoms with van der Waals surface area (Å²) in [6.07, 6.45) is 3.71. The van der Waals surface area contributed by atoms with Gasteiger partial charge in [-0.2, -0.15) is 0 Å². The summed E-state index contributed by atoms with van der Waals surface area (Å²) in [5.74, 6) is 0.0867. The Morgan fingerprint density at radius 2 is 1.68 bits per heavy atom. The van der Waals surface area contributed by atoms with E-state index in [-0.39, 0.29) is 12.3 Å². The number of hydrogen-bond donors (Lipinski definition) is 1. The molecule has 194 valence electrons. The van der Waals surface area contributed by atoms with Crippen molar-refractivity contribution in [2.24, 2.45) is 0 Å². The van der Waals surface area contributed by atoms with Gasteiger partial charge in [0.25, 0.3) is 5.91 Å². The highest BCUT2D eigenvalue weighted by Crippen LogP contribution is 2.27. The van der Waals surface area contributed by atoms with E-state index in [2.05, 4.69) is 9.88 Å². The first-order valence-electron chi connectivity index (χ1n) is 12.7. The second kappa shape index (κ2) is 11.6. The lowest BCUT2D eigenvalue weighted by Gasteiger charge is -2.35. The minimum absolute atomic E-state index is 0.0286. The molecule has 1 amide bonds. The summed E-state index contributed by atoms with van der Waals surface area (Å²) in [5.41, 5.74) is 4.33. The minimum Gasteiger partial charge on any atom is -0.481 e. The van der Waals surface area contributed by atoms with Crippen molar-refractivity contribution in [1.29, 1.82) is 0 Å². The van der Waals surface area contributed by atoms with Crippen molar-refractivity contribution in [2.75, 3.05) is 31.1 Å². The van der Waals surface area contributed by atoms with Crippen molar-refractivity contribution in [3.63, 3.8) is 0 Å². The number of halogens is 1. The average Bonchev–Trinajstić information content (AvgIpc) is 2.95. The molecule has 3 heterocycles. The van der Waals surface area contributed by atoms with Crippen LogP contribution < -0.4 is 4.90 Å². The number of aromatic nitrogens is 3. The van der Waals surface area contributed by atoms with Gasteiger partial charge in [0.2, 0.25) is 0 Å². The number of benzene rings is 2. The molecule has 2 aromatic carbocycles. The Bertz CT molecular complexity index is 1440. The van der Waals surface area contributed by atoms with Gasteiger partial charge in [-0.3, -0.25) is 9.59 Å². The van der Waals surface area contributed by atoms with Crippen molar-refractivity contribution in [3.05, 3.63) is 83.1 Å². The molecule has 0 bridgehead atoms. The van der Waals surface area contributed by atoms with Crippen LogP contribution in [0.1, 0.15) is 35.3 Å². The standard InChI is InChI=1S/C29H28ClN5O3/c30-22-11-8-20(9-12-22)28-24(5-1-2-7-27(36)37)32-25-19-21(10-13-23(25)33-28)29(38)35-17-15-34(16-18-35)26-6-3-4-14-31-26/h3-4,6,8-14,19H,1-2,5,7,15-18H2,(H,36,37). The zero-order chi connectivity index (χ0) is 26.5. The number of carbonyl (C=O) groups is 2. The van der Waals surface area contributed by atoms with Crippen molar-refractivity contribution >= 4 is 40.3 Å². The quantitative estimate of drug-likeness (QED) is 0.317. The van der Waals surface area contributed by atoms with Crippen LogP contribution in [0.5, 0.6) is 0 Å². The number of hydrogen-bond acceptors (Lipinski definition) is 6. The number of rotatable bonds is 8. The van der Waals surface area contributed by atoms with Gasteiger partial charge in [0.1, 0.15) is 5.82 Å². The van der Waals surface area contributed by atoms with Gasteiger partial charge in [0, 0.05) is 54.9 Å². The highest BCUT2D eigenvalue weighted by molar-refractivity contribution is 6.30. The number of carbonyl (C=O) groups excluding carboxylic acids is 1. The first-order valence-corrected chi connectivity index (χ1v) is 13.1. The molecular weight excluding hydrogens is 502 g/mol. The zero-order valence-electron chi connectivity index (χ0n) is 20.9. The molecule has 9 heteroatoms. The molecule has 5 rings (SSSR count). The van der Waals surface area contributed by atoms with Crippen LogP contribution in [-0.2, 0) is 11.2 Å². The topological polar surface area (TPSA) is 99.5 Å². The molecule has 1 aliphatic rings. The molecule has 0 aliphatic carbocycles. The Morgan fingerprint density at radius 3 is 2.39 bits per heavy atom. The predicted molar refractivity (Wildman–Crippen MR) is 148 cm³/mol. The molecule has 0 spiro atoms. The third-order valence-corrected chi connectivity index (χ3v) is 6.95. The maximum Gasteiger partial charge on any atom is 0.303 e. The summed E-state index contributed by atoms with van der Waals surface area (Å²) in [7, 11) is 0. The Labute approximate surface area is 225 Å². The fraction of sp³-hybridized carbons (Fsp3) is 0.276. The molecule has 8 nitrogen and oxygen atoms in total. The zero-order valence-corrected chi connectivity index (χ0v) is 21.6. The summed E-state index contributed by atoms with van der Waals surface area (Å²) >= 11 is 6.08. The molecule has 1 aliphatic heterocycles. The number of nitrogens with zero attached hydrogens (tertiary/aromatic N) is 5. The van der Waals surface area contributed by atoms with Gasteiger partial charge in [0.15, 0.2) is 0 Å². The number of aryl methyl sites for hydroxylation is 1. The summed E-state index contributed by atoms with van der Waals surface area (Å²) < 4.78 is 0. The number of unbranched alkanes of at least 4 members (excludes halogenated alkanes) is 1.